The molecule has 0 radical (unpaired) electrons. The molecule has 0 unspecified atom stereocenters. The van der Waals surface area contributed by atoms with E-state index < -0.39 is 5.97 Å². The minimum atomic E-state index is -0.482. The van der Waals surface area contributed by atoms with Crippen molar-refractivity contribution in [2.75, 3.05) is 33.3 Å². The number of methoxy groups -OCH3 is 1. The van der Waals surface area contributed by atoms with Gasteiger partial charge in [-0.05, 0) is 50.7 Å². The van der Waals surface area contributed by atoms with E-state index in [1.165, 1.54) is 13.3 Å². The van der Waals surface area contributed by atoms with Crippen molar-refractivity contribution in [3.63, 3.8) is 0 Å². The van der Waals surface area contributed by atoms with Crippen molar-refractivity contribution in [1.82, 2.24) is 19.9 Å². The molecule has 2 aromatic heterocycles. The average molecular weight is 426 g/mol. The molecule has 2 fully saturated rings. The van der Waals surface area contributed by atoms with E-state index in [2.05, 4.69) is 14.9 Å². The van der Waals surface area contributed by atoms with Crippen LogP contribution in [0.25, 0.3) is 0 Å². The lowest BCUT2D eigenvalue weighted by Gasteiger charge is -2.39. The lowest BCUT2D eigenvalue weighted by molar-refractivity contribution is 0.0562. The second-order valence-corrected chi connectivity index (χ2v) is 8.39. The number of piperidine rings is 1. The van der Waals surface area contributed by atoms with Gasteiger partial charge in [-0.15, -0.1) is 0 Å². The zero-order valence-electron chi connectivity index (χ0n) is 18.0. The van der Waals surface area contributed by atoms with Crippen molar-refractivity contribution in [2.24, 2.45) is 5.41 Å². The lowest BCUT2D eigenvalue weighted by Crippen LogP contribution is -2.45. The van der Waals surface area contributed by atoms with Crippen LogP contribution < -0.4 is 0 Å². The minimum Gasteiger partial charge on any atom is -0.465 e. The zero-order valence-corrected chi connectivity index (χ0v) is 18.0. The van der Waals surface area contributed by atoms with E-state index >= 15 is 0 Å². The Kier molecular flexibility index (Phi) is 5.51. The number of hydrogen-bond donors (Lipinski definition) is 0. The van der Waals surface area contributed by atoms with Gasteiger partial charge in [-0.25, -0.2) is 4.79 Å². The normalized spacial score (nSPS) is 17.8. The fourth-order valence-electron chi connectivity index (χ4n) is 4.57. The van der Waals surface area contributed by atoms with E-state index in [0.29, 0.717) is 54.5 Å². The van der Waals surface area contributed by atoms with E-state index in [0.717, 1.165) is 19.3 Å². The zero-order chi connectivity index (χ0) is 22.2. The van der Waals surface area contributed by atoms with Gasteiger partial charge in [0.2, 0.25) is 0 Å². The molecule has 2 saturated heterocycles. The lowest BCUT2D eigenvalue weighted by atomic mass is 9.77. The number of amides is 2. The van der Waals surface area contributed by atoms with E-state index in [4.69, 9.17) is 4.52 Å². The quantitative estimate of drug-likeness (QED) is 0.693. The van der Waals surface area contributed by atoms with Crippen LogP contribution in [0.2, 0.25) is 0 Å². The van der Waals surface area contributed by atoms with Crippen LogP contribution in [0, 0.1) is 19.3 Å². The molecule has 164 valence electrons. The summed E-state index contributed by atoms with van der Waals surface area (Å²) in [7, 11) is 1.30. The molecule has 2 aliphatic rings. The molecule has 9 nitrogen and oxygen atoms in total. The van der Waals surface area contributed by atoms with Crippen molar-refractivity contribution < 1.29 is 23.6 Å². The van der Waals surface area contributed by atoms with E-state index in [1.807, 2.05) is 9.80 Å². The predicted molar refractivity (Wildman–Crippen MR) is 110 cm³/mol. The van der Waals surface area contributed by atoms with Crippen molar-refractivity contribution in [3.05, 3.63) is 46.6 Å². The third-order valence-corrected chi connectivity index (χ3v) is 6.49. The van der Waals surface area contributed by atoms with Crippen LogP contribution >= 0.6 is 0 Å². The SMILES string of the molecule is COC(=O)c1ccc(C(=O)N2CCC3(CCN(C(=O)c4c(C)noc4C)CC3)C2)nc1. The van der Waals surface area contributed by atoms with Gasteiger partial charge in [0, 0.05) is 32.4 Å². The molecule has 0 saturated carbocycles. The van der Waals surface area contributed by atoms with Gasteiger partial charge < -0.3 is 19.1 Å². The molecule has 1 spiro atoms. The first-order chi connectivity index (χ1) is 14.8. The number of ether oxygens (including phenoxy) is 1. The van der Waals surface area contributed by atoms with E-state index in [9.17, 15) is 14.4 Å². The average Bonchev–Trinajstić information content (AvgIpc) is 3.35. The van der Waals surface area contributed by atoms with Crippen molar-refractivity contribution in [1.29, 1.82) is 0 Å². The molecular weight excluding hydrogens is 400 g/mol. The van der Waals surface area contributed by atoms with Gasteiger partial charge in [0.1, 0.15) is 17.0 Å². The second kappa shape index (κ2) is 8.13. The highest BCUT2D eigenvalue weighted by Crippen LogP contribution is 2.41. The molecule has 0 atom stereocenters. The molecular formula is C22H26N4O5. The summed E-state index contributed by atoms with van der Waals surface area (Å²) in [4.78, 5) is 45.1. The van der Waals surface area contributed by atoms with E-state index in [1.54, 1.807) is 26.0 Å². The summed E-state index contributed by atoms with van der Waals surface area (Å²) in [5.41, 5.74) is 1.83. The van der Waals surface area contributed by atoms with Gasteiger partial charge in [0.05, 0.1) is 18.4 Å². The third kappa shape index (κ3) is 3.92. The van der Waals surface area contributed by atoms with Crippen LogP contribution in [0.4, 0.5) is 0 Å². The largest absolute Gasteiger partial charge is 0.465 e. The summed E-state index contributed by atoms with van der Waals surface area (Å²) in [6.07, 6.45) is 3.97. The Morgan fingerprint density at radius 2 is 1.71 bits per heavy atom. The number of likely N-dealkylation sites (tertiary alicyclic amines) is 2. The summed E-state index contributed by atoms with van der Waals surface area (Å²) in [6, 6.07) is 3.11. The van der Waals surface area contributed by atoms with Crippen LogP contribution in [0.1, 0.15) is 61.9 Å². The van der Waals surface area contributed by atoms with Crippen LogP contribution in [-0.4, -0.2) is 71.0 Å². The van der Waals surface area contributed by atoms with Gasteiger partial charge in [0.25, 0.3) is 11.8 Å². The Morgan fingerprint density at radius 3 is 2.26 bits per heavy atom. The Balaban J connectivity index is 1.37. The van der Waals surface area contributed by atoms with Crippen molar-refractivity contribution in [2.45, 2.75) is 33.1 Å². The standard InChI is InChI=1S/C22H26N4O5/c1-14-18(15(2)31-24-14)20(28)25-9-6-22(7-10-25)8-11-26(13-22)19(27)17-5-4-16(12-23-17)21(29)30-3/h4-5,12H,6-11,13H2,1-3H3. The highest BCUT2D eigenvalue weighted by Gasteiger charge is 2.43. The summed E-state index contributed by atoms with van der Waals surface area (Å²) in [5, 5.41) is 3.88. The molecule has 9 heteroatoms. The third-order valence-electron chi connectivity index (χ3n) is 6.49. The van der Waals surface area contributed by atoms with Crippen LogP contribution in [0.15, 0.2) is 22.9 Å². The Hall–Kier alpha value is -3.23. The summed E-state index contributed by atoms with van der Waals surface area (Å²) >= 11 is 0. The van der Waals surface area contributed by atoms with Gasteiger partial charge in [0.15, 0.2) is 0 Å². The number of nitrogens with zero attached hydrogens (tertiary/aromatic N) is 4. The van der Waals surface area contributed by atoms with Crippen molar-refractivity contribution in [3.8, 4) is 0 Å². The fraction of sp³-hybridized carbons (Fsp3) is 0.500. The van der Waals surface area contributed by atoms with Crippen LogP contribution in [0.5, 0.6) is 0 Å². The second-order valence-electron chi connectivity index (χ2n) is 8.39. The molecule has 4 rings (SSSR count). The number of pyridine rings is 1. The Morgan fingerprint density at radius 1 is 1.03 bits per heavy atom. The fourth-order valence-corrected chi connectivity index (χ4v) is 4.57. The number of rotatable bonds is 3. The molecule has 2 amide bonds. The molecule has 0 N–H and O–H groups in total. The van der Waals surface area contributed by atoms with Gasteiger partial charge >= 0.3 is 5.97 Å². The van der Waals surface area contributed by atoms with Gasteiger partial charge in [-0.3, -0.25) is 14.6 Å². The van der Waals surface area contributed by atoms with Gasteiger partial charge in [-0.1, -0.05) is 5.16 Å². The van der Waals surface area contributed by atoms with E-state index in [-0.39, 0.29) is 17.2 Å². The number of esters is 1. The minimum absolute atomic E-state index is 0.0249. The number of aromatic nitrogens is 2. The number of hydrogen-bond acceptors (Lipinski definition) is 7. The molecule has 4 heterocycles. The van der Waals surface area contributed by atoms with Gasteiger partial charge in [-0.2, -0.15) is 0 Å². The first-order valence-corrected chi connectivity index (χ1v) is 10.4. The summed E-state index contributed by atoms with van der Waals surface area (Å²) < 4.78 is 9.80. The number of carbonyl (C=O) groups excluding carboxylic acids is 3. The monoisotopic (exact) mass is 426 g/mol. The maximum absolute atomic E-state index is 12.9. The molecule has 0 aliphatic carbocycles. The van der Waals surface area contributed by atoms with Crippen LogP contribution in [-0.2, 0) is 4.74 Å². The Labute approximate surface area is 180 Å². The first kappa shape index (κ1) is 21.0. The maximum atomic E-state index is 12.9. The Bertz CT molecular complexity index is 986. The number of carbonyl (C=O) groups is 3. The van der Waals surface area contributed by atoms with Crippen molar-refractivity contribution >= 4 is 17.8 Å². The smallest absolute Gasteiger partial charge is 0.339 e. The maximum Gasteiger partial charge on any atom is 0.339 e. The molecule has 2 aliphatic heterocycles. The molecule has 31 heavy (non-hydrogen) atoms. The molecule has 2 aromatic rings. The topological polar surface area (TPSA) is 106 Å². The number of aryl methyl sites for hydroxylation is 2. The van der Waals surface area contributed by atoms with Crippen LogP contribution in [0.3, 0.4) is 0 Å². The molecule has 0 aromatic carbocycles. The molecule has 0 bridgehead atoms. The predicted octanol–water partition coefficient (Wildman–Crippen LogP) is 2.24. The highest BCUT2D eigenvalue weighted by atomic mass is 16.5. The highest BCUT2D eigenvalue weighted by molar-refractivity contribution is 5.96. The summed E-state index contributed by atoms with van der Waals surface area (Å²) in [6.45, 7) is 6.15. The summed E-state index contributed by atoms with van der Waals surface area (Å²) in [5.74, 6) is -0.106. The first-order valence-electron chi connectivity index (χ1n) is 10.4.